The van der Waals surface area contributed by atoms with E-state index in [0.717, 1.165) is 0 Å². The van der Waals surface area contributed by atoms with Gasteiger partial charge in [0.15, 0.2) is 0 Å². The molecule has 1 aromatic rings. The van der Waals surface area contributed by atoms with Crippen LogP contribution in [0, 0.1) is 0 Å². The van der Waals surface area contributed by atoms with E-state index in [1.165, 1.54) is 7.05 Å². The van der Waals surface area contributed by atoms with Crippen molar-refractivity contribution < 1.29 is 9.90 Å². The zero-order valence-electron chi connectivity index (χ0n) is 8.40. The van der Waals surface area contributed by atoms with Crippen molar-refractivity contribution in [2.75, 3.05) is 12.8 Å². The largest absolute Gasteiger partial charge is 0.481 e. The summed E-state index contributed by atoms with van der Waals surface area (Å²) in [5, 5.41) is 8.61. The monoisotopic (exact) mass is 226 g/mol. The minimum absolute atomic E-state index is 0.00231. The van der Waals surface area contributed by atoms with Crippen LogP contribution in [0.4, 0.5) is 5.82 Å². The summed E-state index contributed by atoms with van der Waals surface area (Å²) in [6, 6.07) is 0. The average Bonchev–Trinajstić information content (AvgIpc) is 2.13. The fourth-order valence-electron chi connectivity index (χ4n) is 1.21. The van der Waals surface area contributed by atoms with E-state index in [2.05, 4.69) is 9.98 Å². The number of hydrogen-bond acceptors (Lipinski definition) is 5. The maximum Gasteiger partial charge on any atom is 0.327 e. The van der Waals surface area contributed by atoms with E-state index in [1.54, 1.807) is 0 Å². The number of aliphatic imine (C=N–C) groups is 1. The molecule has 0 aromatic carbocycles. The first kappa shape index (κ1) is 11.7. The molecule has 0 aliphatic rings. The Morgan fingerprint density at radius 2 is 2.06 bits per heavy atom. The summed E-state index contributed by atoms with van der Waals surface area (Å²) < 4.78 is 0. The standard InChI is InChI=1S/C8H10N4O4/c1-10-3(2-4(13)14)5-6(9)11-8(16)12-7(5)15/h2H2,1H3,(H,13,14)(H4,9,11,12,15,16). The molecule has 0 saturated heterocycles. The lowest BCUT2D eigenvalue weighted by Gasteiger charge is -2.04. The molecule has 16 heavy (non-hydrogen) atoms. The van der Waals surface area contributed by atoms with E-state index < -0.39 is 23.6 Å². The number of carbonyl (C=O) groups is 1. The first-order valence-electron chi connectivity index (χ1n) is 4.25. The molecule has 86 valence electrons. The Kier molecular flexibility index (Phi) is 3.24. The number of anilines is 1. The summed E-state index contributed by atoms with van der Waals surface area (Å²) in [5.74, 6) is -1.35. The number of H-pyrrole nitrogens is 2. The molecule has 0 radical (unpaired) electrons. The van der Waals surface area contributed by atoms with Crippen molar-refractivity contribution in [2.24, 2.45) is 4.99 Å². The molecular weight excluding hydrogens is 216 g/mol. The van der Waals surface area contributed by atoms with Crippen LogP contribution in [0.1, 0.15) is 12.0 Å². The highest BCUT2D eigenvalue weighted by molar-refractivity contribution is 6.10. The van der Waals surface area contributed by atoms with Gasteiger partial charge in [0.05, 0.1) is 12.1 Å². The van der Waals surface area contributed by atoms with Gasteiger partial charge in [0.1, 0.15) is 11.4 Å². The van der Waals surface area contributed by atoms with E-state index in [0.29, 0.717) is 0 Å². The van der Waals surface area contributed by atoms with Gasteiger partial charge in [0, 0.05) is 7.05 Å². The molecule has 8 nitrogen and oxygen atoms in total. The molecule has 1 aromatic heterocycles. The van der Waals surface area contributed by atoms with Crippen LogP contribution in [0.3, 0.4) is 0 Å². The molecule has 8 heteroatoms. The van der Waals surface area contributed by atoms with E-state index in [9.17, 15) is 14.4 Å². The quantitative estimate of drug-likeness (QED) is 0.466. The molecule has 5 N–H and O–H groups in total. The molecule has 0 bridgehead atoms. The number of carboxylic acids is 1. The zero-order chi connectivity index (χ0) is 12.3. The third kappa shape index (κ3) is 2.35. The van der Waals surface area contributed by atoms with Gasteiger partial charge in [-0.3, -0.25) is 24.5 Å². The fourth-order valence-corrected chi connectivity index (χ4v) is 1.21. The number of hydrogen-bond donors (Lipinski definition) is 4. The summed E-state index contributed by atoms with van der Waals surface area (Å²) in [5.41, 5.74) is 3.79. The summed E-state index contributed by atoms with van der Waals surface area (Å²) >= 11 is 0. The van der Waals surface area contributed by atoms with Gasteiger partial charge in [-0.2, -0.15) is 0 Å². The maximum absolute atomic E-state index is 11.4. The van der Waals surface area contributed by atoms with Crippen LogP contribution in [0.15, 0.2) is 14.6 Å². The molecule has 0 amide bonds. The van der Waals surface area contributed by atoms with E-state index in [-0.39, 0.29) is 17.1 Å². The van der Waals surface area contributed by atoms with Crippen LogP contribution in [-0.2, 0) is 4.79 Å². The normalized spacial score (nSPS) is 11.4. The number of nitrogens with one attached hydrogen (secondary N) is 2. The van der Waals surface area contributed by atoms with Gasteiger partial charge in [0.2, 0.25) is 0 Å². The van der Waals surface area contributed by atoms with Gasteiger partial charge in [0.25, 0.3) is 5.56 Å². The highest BCUT2D eigenvalue weighted by Crippen LogP contribution is 2.04. The van der Waals surface area contributed by atoms with E-state index >= 15 is 0 Å². The summed E-state index contributed by atoms with van der Waals surface area (Å²) in [6.07, 6.45) is -0.449. The van der Waals surface area contributed by atoms with Gasteiger partial charge in [-0.05, 0) is 0 Å². The van der Waals surface area contributed by atoms with Crippen molar-refractivity contribution in [3.63, 3.8) is 0 Å². The maximum atomic E-state index is 11.4. The van der Waals surface area contributed by atoms with Crippen molar-refractivity contribution in [1.29, 1.82) is 0 Å². The Morgan fingerprint density at radius 1 is 1.44 bits per heavy atom. The first-order chi connectivity index (χ1) is 7.45. The molecule has 0 spiro atoms. The second-order valence-electron chi connectivity index (χ2n) is 2.94. The van der Waals surface area contributed by atoms with Crippen LogP contribution >= 0.6 is 0 Å². The van der Waals surface area contributed by atoms with Crippen molar-refractivity contribution in [3.8, 4) is 0 Å². The third-order valence-corrected chi connectivity index (χ3v) is 1.85. The lowest BCUT2D eigenvalue weighted by Crippen LogP contribution is -2.30. The van der Waals surface area contributed by atoms with Crippen LogP contribution in [-0.4, -0.2) is 33.8 Å². The Hall–Kier alpha value is -2.38. The number of nitrogens with two attached hydrogens (primary N) is 1. The minimum Gasteiger partial charge on any atom is -0.481 e. The molecule has 0 fully saturated rings. The Bertz CT molecular complexity index is 554. The van der Waals surface area contributed by atoms with Crippen LogP contribution in [0.2, 0.25) is 0 Å². The predicted octanol–water partition coefficient (Wildman–Crippen LogP) is -1.46. The van der Waals surface area contributed by atoms with Gasteiger partial charge >= 0.3 is 11.7 Å². The van der Waals surface area contributed by atoms with Gasteiger partial charge in [-0.1, -0.05) is 0 Å². The minimum atomic E-state index is -1.15. The van der Waals surface area contributed by atoms with Crippen LogP contribution in [0.5, 0.6) is 0 Å². The van der Waals surface area contributed by atoms with Crippen molar-refractivity contribution in [3.05, 3.63) is 26.4 Å². The predicted molar refractivity (Wildman–Crippen MR) is 56.8 cm³/mol. The highest BCUT2D eigenvalue weighted by atomic mass is 16.4. The summed E-state index contributed by atoms with van der Waals surface area (Å²) in [6.45, 7) is 0. The van der Waals surface area contributed by atoms with Crippen molar-refractivity contribution in [1.82, 2.24) is 9.97 Å². The number of nitrogens with zero attached hydrogens (tertiary/aromatic N) is 1. The second-order valence-corrected chi connectivity index (χ2v) is 2.94. The molecule has 0 atom stereocenters. The van der Waals surface area contributed by atoms with Gasteiger partial charge in [-0.15, -0.1) is 0 Å². The lowest BCUT2D eigenvalue weighted by atomic mass is 10.1. The van der Waals surface area contributed by atoms with Gasteiger partial charge < -0.3 is 10.8 Å². The Labute approximate surface area is 88.8 Å². The van der Waals surface area contributed by atoms with E-state index in [4.69, 9.17) is 10.8 Å². The topological polar surface area (TPSA) is 141 Å². The van der Waals surface area contributed by atoms with Crippen LogP contribution < -0.4 is 17.0 Å². The number of rotatable bonds is 3. The third-order valence-electron chi connectivity index (χ3n) is 1.85. The molecular formula is C8H10N4O4. The Balaban J connectivity index is 3.37. The fraction of sp³-hybridized carbons (Fsp3) is 0.250. The molecule has 0 saturated carbocycles. The molecule has 1 rings (SSSR count). The zero-order valence-corrected chi connectivity index (χ0v) is 8.40. The SMILES string of the molecule is CN=C(CC(=O)O)c1c(N)[nH]c(=O)[nH]c1=O. The number of aromatic nitrogens is 2. The molecule has 0 unspecified atom stereocenters. The number of carboxylic acid groups (broad SMARTS) is 1. The van der Waals surface area contributed by atoms with E-state index in [1.807, 2.05) is 4.98 Å². The Morgan fingerprint density at radius 3 is 2.50 bits per heavy atom. The summed E-state index contributed by atoms with van der Waals surface area (Å²) in [4.78, 5) is 40.6. The number of nitrogen functional groups attached to an aromatic ring is 1. The van der Waals surface area contributed by atoms with Gasteiger partial charge in [-0.25, -0.2) is 4.79 Å². The highest BCUT2D eigenvalue weighted by Gasteiger charge is 2.15. The van der Waals surface area contributed by atoms with Crippen molar-refractivity contribution in [2.45, 2.75) is 6.42 Å². The first-order valence-corrected chi connectivity index (χ1v) is 4.25. The second kappa shape index (κ2) is 4.43. The molecule has 0 aliphatic heterocycles. The average molecular weight is 226 g/mol. The number of aromatic amines is 2. The molecule has 0 aliphatic carbocycles. The number of aliphatic carboxylic acids is 1. The lowest BCUT2D eigenvalue weighted by molar-refractivity contribution is -0.135. The smallest absolute Gasteiger partial charge is 0.327 e. The summed E-state index contributed by atoms with van der Waals surface area (Å²) in [7, 11) is 1.34. The molecule has 1 heterocycles. The van der Waals surface area contributed by atoms with Crippen molar-refractivity contribution >= 4 is 17.5 Å². The van der Waals surface area contributed by atoms with Crippen LogP contribution in [0.25, 0.3) is 0 Å².